The maximum atomic E-state index is 12.1. The molecule has 1 aromatic rings. The zero-order valence-corrected chi connectivity index (χ0v) is 11.8. The van der Waals surface area contributed by atoms with E-state index in [2.05, 4.69) is 10.4 Å². The number of benzene rings is 1. The second-order valence-corrected chi connectivity index (χ2v) is 4.49. The second kappa shape index (κ2) is 5.75. The number of aliphatic imine (C=N–C) groups is 1. The Hall–Kier alpha value is -2.34. The van der Waals surface area contributed by atoms with Crippen LogP contribution in [0, 0.1) is 0 Å². The molecule has 0 bridgehead atoms. The number of nitrogens with two attached hydrogens (primary N) is 1. The van der Waals surface area contributed by atoms with Gasteiger partial charge in [0.25, 0.3) is 0 Å². The number of hydrogen-bond acceptors (Lipinski definition) is 6. The minimum Gasteiger partial charge on any atom is -0.466 e. The highest BCUT2D eigenvalue weighted by molar-refractivity contribution is 5.95. The van der Waals surface area contributed by atoms with Gasteiger partial charge in [0.05, 0.1) is 24.4 Å². The lowest BCUT2D eigenvalue weighted by atomic mass is 9.95. The van der Waals surface area contributed by atoms with Crippen LogP contribution in [-0.4, -0.2) is 31.0 Å². The third kappa shape index (κ3) is 2.37. The Bertz CT molecular complexity index is 566. The Labute approximate surface area is 117 Å². The van der Waals surface area contributed by atoms with Gasteiger partial charge in [-0.3, -0.25) is 5.43 Å². The van der Waals surface area contributed by atoms with E-state index < -0.39 is 0 Å². The van der Waals surface area contributed by atoms with Crippen LogP contribution in [0.2, 0.25) is 0 Å². The van der Waals surface area contributed by atoms with Gasteiger partial charge >= 0.3 is 5.97 Å². The van der Waals surface area contributed by atoms with E-state index >= 15 is 0 Å². The Morgan fingerprint density at radius 1 is 1.40 bits per heavy atom. The lowest BCUT2D eigenvalue weighted by Gasteiger charge is -2.35. The molecule has 0 saturated heterocycles. The fourth-order valence-electron chi connectivity index (χ4n) is 2.34. The molecular formula is C14H18N4O2. The number of nitrogens with one attached hydrogen (secondary N) is 1. The normalized spacial score (nSPS) is 18.7. The van der Waals surface area contributed by atoms with E-state index in [9.17, 15) is 4.79 Å². The molecule has 2 rings (SSSR count). The summed E-state index contributed by atoms with van der Waals surface area (Å²) in [5.41, 5.74) is 4.63. The maximum absolute atomic E-state index is 12.1. The number of hydrazine groups is 1. The van der Waals surface area contributed by atoms with Crippen molar-refractivity contribution in [1.82, 2.24) is 10.3 Å². The van der Waals surface area contributed by atoms with Gasteiger partial charge in [-0.2, -0.15) is 0 Å². The predicted octanol–water partition coefficient (Wildman–Crippen LogP) is 0.939. The summed E-state index contributed by atoms with van der Waals surface area (Å²) in [5, 5.41) is 0. The monoisotopic (exact) mass is 274 g/mol. The summed E-state index contributed by atoms with van der Waals surface area (Å²) in [6, 6.07) is 9.40. The van der Waals surface area contributed by atoms with E-state index in [1.54, 1.807) is 6.92 Å². The first-order chi connectivity index (χ1) is 9.60. The third-order valence-electron chi connectivity index (χ3n) is 3.31. The van der Waals surface area contributed by atoms with Crippen molar-refractivity contribution in [2.45, 2.75) is 13.0 Å². The quantitative estimate of drug-likeness (QED) is 0.476. The van der Waals surface area contributed by atoms with Crippen molar-refractivity contribution in [3.05, 3.63) is 47.2 Å². The van der Waals surface area contributed by atoms with E-state index in [0.717, 1.165) is 5.56 Å². The molecule has 106 valence electrons. The number of hydrogen-bond donors (Lipinski definition) is 2. The van der Waals surface area contributed by atoms with Gasteiger partial charge in [-0.15, -0.1) is 0 Å². The van der Waals surface area contributed by atoms with Crippen molar-refractivity contribution in [2.24, 2.45) is 10.8 Å². The molecule has 6 heteroatoms. The molecule has 0 amide bonds. The number of guanidine groups is 1. The van der Waals surface area contributed by atoms with Crippen LogP contribution in [0.15, 0.2) is 46.6 Å². The highest BCUT2D eigenvalue weighted by Crippen LogP contribution is 2.33. The van der Waals surface area contributed by atoms with E-state index in [-0.39, 0.29) is 12.0 Å². The molecule has 1 aromatic carbocycles. The first-order valence-corrected chi connectivity index (χ1v) is 6.22. The largest absolute Gasteiger partial charge is 0.466 e. The lowest BCUT2D eigenvalue weighted by Crippen LogP contribution is -2.47. The molecule has 20 heavy (non-hydrogen) atoms. The fourth-order valence-corrected chi connectivity index (χ4v) is 2.34. The van der Waals surface area contributed by atoms with E-state index in [1.165, 1.54) is 7.11 Å². The molecule has 0 spiro atoms. The van der Waals surface area contributed by atoms with Crippen molar-refractivity contribution in [1.29, 1.82) is 0 Å². The van der Waals surface area contributed by atoms with Crippen molar-refractivity contribution in [2.75, 3.05) is 14.2 Å². The number of ether oxygens (including phenoxy) is 1. The van der Waals surface area contributed by atoms with Crippen molar-refractivity contribution in [3.8, 4) is 0 Å². The van der Waals surface area contributed by atoms with Crippen LogP contribution in [-0.2, 0) is 9.53 Å². The van der Waals surface area contributed by atoms with Crippen LogP contribution in [0.1, 0.15) is 18.5 Å². The standard InChI is InChI=1S/C14H18N4O2/c1-9-11(13(19)20-3)12(10-7-5-4-6-8-10)18(2)14(16-9)17-15/h4-8,12H,15H2,1-3H3,(H,16,17). The highest BCUT2D eigenvalue weighted by atomic mass is 16.5. The molecule has 0 radical (unpaired) electrons. The van der Waals surface area contributed by atoms with Crippen LogP contribution in [0.5, 0.6) is 0 Å². The molecule has 0 aliphatic carbocycles. The van der Waals surface area contributed by atoms with Gasteiger partial charge in [0.1, 0.15) is 0 Å². The Kier molecular flexibility index (Phi) is 4.05. The van der Waals surface area contributed by atoms with Crippen LogP contribution in [0.25, 0.3) is 0 Å². The minimum atomic E-state index is -0.386. The van der Waals surface area contributed by atoms with Gasteiger partial charge < -0.3 is 9.64 Å². The van der Waals surface area contributed by atoms with E-state index in [4.69, 9.17) is 10.6 Å². The van der Waals surface area contributed by atoms with Gasteiger partial charge in [0, 0.05) is 7.05 Å². The van der Waals surface area contributed by atoms with Crippen molar-refractivity contribution >= 4 is 11.9 Å². The number of methoxy groups -OCH3 is 1. The predicted molar refractivity (Wildman–Crippen MR) is 76.4 cm³/mol. The molecule has 1 aliphatic heterocycles. The Balaban J connectivity index is 2.56. The highest BCUT2D eigenvalue weighted by Gasteiger charge is 2.34. The lowest BCUT2D eigenvalue weighted by molar-refractivity contribution is -0.136. The van der Waals surface area contributed by atoms with Gasteiger partial charge in [-0.1, -0.05) is 30.3 Å². The van der Waals surface area contributed by atoms with Gasteiger partial charge in [-0.05, 0) is 12.5 Å². The molecule has 1 aliphatic rings. The number of nitrogens with zero attached hydrogens (tertiary/aromatic N) is 2. The zero-order chi connectivity index (χ0) is 14.7. The summed E-state index contributed by atoms with van der Waals surface area (Å²) in [5.74, 6) is 5.61. The summed E-state index contributed by atoms with van der Waals surface area (Å²) in [6.07, 6.45) is 0. The zero-order valence-electron chi connectivity index (χ0n) is 11.8. The Morgan fingerprint density at radius 2 is 2.05 bits per heavy atom. The van der Waals surface area contributed by atoms with Crippen LogP contribution in [0.4, 0.5) is 0 Å². The summed E-state index contributed by atoms with van der Waals surface area (Å²) in [7, 11) is 3.19. The molecule has 0 aromatic heterocycles. The fraction of sp³-hybridized carbons (Fsp3) is 0.286. The average molecular weight is 274 g/mol. The van der Waals surface area contributed by atoms with Crippen LogP contribution >= 0.6 is 0 Å². The minimum absolute atomic E-state index is 0.285. The van der Waals surface area contributed by atoms with E-state index in [0.29, 0.717) is 17.2 Å². The van der Waals surface area contributed by atoms with Gasteiger partial charge in [0.15, 0.2) is 0 Å². The van der Waals surface area contributed by atoms with Gasteiger partial charge in [0.2, 0.25) is 5.96 Å². The van der Waals surface area contributed by atoms with Crippen molar-refractivity contribution in [3.63, 3.8) is 0 Å². The molecular weight excluding hydrogens is 256 g/mol. The van der Waals surface area contributed by atoms with Crippen LogP contribution in [0.3, 0.4) is 0 Å². The summed E-state index contributed by atoms with van der Waals surface area (Å²) >= 11 is 0. The molecule has 1 unspecified atom stereocenters. The van der Waals surface area contributed by atoms with E-state index in [1.807, 2.05) is 42.3 Å². The number of carbonyl (C=O) groups is 1. The third-order valence-corrected chi connectivity index (χ3v) is 3.31. The first kappa shape index (κ1) is 14.1. The molecule has 6 nitrogen and oxygen atoms in total. The summed E-state index contributed by atoms with van der Waals surface area (Å²) < 4.78 is 4.88. The Morgan fingerprint density at radius 3 is 2.60 bits per heavy atom. The molecule has 1 atom stereocenters. The van der Waals surface area contributed by atoms with Gasteiger partial charge in [-0.25, -0.2) is 15.6 Å². The first-order valence-electron chi connectivity index (χ1n) is 6.22. The number of esters is 1. The average Bonchev–Trinajstić information content (AvgIpc) is 2.48. The second-order valence-electron chi connectivity index (χ2n) is 4.49. The smallest absolute Gasteiger partial charge is 0.338 e. The molecule has 3 N–H and O–H groups in total. The number of allylic oxidation sites excluding steroid dienone is 1. The number of likely N-dealkylation sites (N-methyl/N-ethyl adjacent to an activating group) is 1. The molecule has 1 heterocycles. The SMILES string of the molecule is COC(=O)C1=C(C)N=C(NN)N(C)C1c1ccccc1. The topological polar surface area (TPSA) is 79.9 Å². The molecule has 0 fully saturated rings. The van der Waals surface area contributed by atoms with Crippen molar-refractivity contribution < 1.29 is 9.53 Å². The van der Waals surface area contributed by atoms with Crippen LogP contribution < -0.4 is 11.3 Å². The number of rotatable bonds is 2. The molecule has 0 saturated carbocycles. The maximum Gasteiger partial charge on any atom is 0.338 e. The summed E-state index contributed by atoms with van der Waals surface area (Å²) in [6.45, 7) is 1.77. The number of carbonyl (C=O) groups excluding carboxylic acids is 1. The summed E-state index contributed by atoms with van der Waals surface area (Å²) in [4.78, 5) is 18.2.